The SMILES string of the molecule is CC(O)CC(C)(C)CNC(C)c1ccccc1. The first-order valence-corrected chi connectivity index (χ1v) is 6.37. The molecule has 0 radical (unpaired) electrons. The van der Waals surface area contributed by atoms with E-state index in [1.165, 1.54) is 5.56 Å². The molecular formula is C15H25NO. The van der Waals surface area contributed by atoms with Crippen molar-refractivity contribution in [1.82, 2.24) is 5.32 Å². The minimum absolute atomic E-state index is 0.122. The number of hydrogen-bond acceptors (Lipinski definition) is 2. The first-order valence-electron chi connectivity index (χ1n) is 6.37. The molecule has 0 aromatic heterocycles. The summed E-state index contributed by atoms with van der Waals surface area (Å²) in [6.45, 7) is 9.30. The molecule has 0 spiro atoms. The molecule has 2 heteroatoms. The van der Waals surface area contributed by atoms with E-state index in [4.69, 9.17) is 0 Å². The molecule has 1 rings (SSSR count). The topological polar surface area (TPSA) is 32.3 Å². The average Bonchev–Trinajstić information content (AvgIpc) is 2.25. The van der Waals surface area contributed by atoms with E-state index in [1.54, 1.807) is 0 Å². The van der Waals surface area contributed by atoms with Crippen molar-refractivity contribution in [3.63, 3.8) is 0 Å². The van der Waals surface area contributed by atoms with Crippen LogP contribution >= 0.6 is 0 Å². The molecule has 0 heterocycles. The maximum Gasteiger partial charge on any atom is 0.0517 e. The van der Waals surface area contributed by atoms with Crippen LogP contribution in [0.1, 0.15) is 45.7 Å². The molecule has 0 saturated heterocycles. The molecule has 0 aliphatic carbocycles. The number of benzene rings is 1. The molecule has 2 nitrogen and oxygen atoms in total. The van der Waals surface area contributed by atoms with Crippen LogP contribution in [0.3, 0.4) is 0 Å². The van der Waals surface area contributed by atoms with Crippen LogP contribution in [0.25, 0.3) is 0 Å². The van der Waals surface area contributed by atoms with Crippen LogP contribution in [-0.2, 0) is 0 Å². The molecule has 2 unspecified atom stereocenters. The van der Waals surface area contributed by atoms with Crippen molar-refractivity contribution in [2.24, 2.45) is 5.41 Å². The molecule has 0 fully saturated rings. The predicted molar refractivity (Wildman–Crippen MR) is 72.9 cm³/mol. The molecule has 0 aliphatic heterocycles. The molecule has 0 aliphatic rings. The number of rotatable bonds is 6. The maximum absolute atomic E-state index is 9.44. The smallest absolute Gasteiger partial charge is 0.0517 e. The van der Waals surface area contributed by atoms with Gasteiger partial charge in [0.2, 0.25) is 0 Å². The van der Waals surface area contributed by atoms with Gasteiger partial charge in [0.25, 0.3) is 0 Å². The van der Waals surface area contributed by atoms with Gasteiger partial charge in [0.05, 0.1) is 6.10 Å². The standard InChI is InChI=1S/C15H25NO/c1-12(17)10-15(3,4)11-16-13(2)14-8-6-5-7-9-14/h5-9,12-13,16-17H,10-11H2,1-4H3. The molecule has 2 N–H and O–H groups in total. The Morgan fingerprint density at radius 3 is 2.29 bits per heavy atom. The Morgan fingerprint density at radius 2 is 1.76 bits per heavy atom. The summed E-state index contributed by atoms with van der Waals surface area (Å²) in [6, 6.07) is 10.8. The second kappa shape index (κ2) is 6.18. The highest BCUT2D eigenvalue weighted by Crippen LogP contribution is 2.22. The Balaban J connectivity index is 2.45. The molecule has 0 amide bonds. The van der Waals surface area contributed by atoms with Crippen molar-refractivity contribution in [3.05, 3.63) is 35.9 Å². The summed E-state index contributed by atoms with van der Waals surface area (Å²) < 4.78 is 0. The summed E-state index contributed by atoms with van der Waals surface area (Å²) in [5, 5.41) is 13.0. The van der Waals surface area contributed by atoms with E-state index in [1.807, 2.05) is 13.0 Å². The number of aliphatic hydroxyl groups excluding tert-OH is 1. The van der Waals surface area contributed by atoms with Crippen molar-refractivity contribution in [2.45, 2.75) is 46.3 Å². The van der Waals surface area contributed by atoms with Gasteiger partial charge in [0.1, 0.15) is 0 Å². The molecule has 0 bridgehead atoms. The lowest BCUT2D eigenvalue weighted by atomic mass is 9.86. The maximum atomic E-state index is 9.44. The van der Waals surface area contributed by atoms with E-state index in [2.05, 4.69) is 50.4 Å². The lowest BCUT2D eigenvalue weighted by Gasteiger charge is -2.28. The van der Waals surface area contributed by atoms with E-state index in [0.717, 1.165) is 13.0 Å². The predicted octanol–water partition coefficient (Wildman–Crippen LogP) is 3.13. The zero-order valence-electron chi connectivity index (χ0n) is 11.4. The Kier molecular flexibility index (Phi) is 5.16. The fraction of sp³-hybridized carbons (Fsp3) is 0.600. The normalized spacial score (nSPS) is 15.6. The van der Waals surface area contributed by atoms with E-state index >= 15 is 0 Å². The average molecular weight is 235 g/mol. The zero-order chi connectivity index (χ0) is 12.9. The molecule has 96 valence electrons. The summed E-state index contributed by atoms with van der Waals surface area (Å²) in [4.78, 5) is 0. The van der Waals surface area contributed by atoms with Gasteiger partial charge in [-0.05, 0) is 31.2 Å². The van der Waals surface area contributed by atoms with Gasteiger partial charge in [-0.2, -0.15) is 0 Å². The lowest BCUT2D eigenvalue weighted by Crippen LogP contribution is -2.33. The molecule has 2 atom stereocenters. The van der Waals surface area contributed by atoms with Gasteiger partial charge < -0.3 is 10.4 Å². The van der Waals surface area contributed by atoms with Crippen LogP contribution in [0.15, 0.2) is 30.3 Å². The molecule has 0 saturated carbocycles. The van der Waals surface area contributed by atoms with Crippen molar-refractivity contribution >= 4 is 0 Å². The Morgan fingerprint density at radius 1 is 1.18 bits per heavy atom. The van der Waals surface area contributed by atoms with Crippen LogP contribution in [0.4, 0.5) is 0 Å². The second-order valence-corrected chi connectivity index (χ2v) is 5.73. The van der Waals surface area contributed by atoms with E-state index in [0.29, 0.717) is 6.04 Å². The van der Waals surface area contributed by atoms with Crippen LogP contribution in [0.5, 0.6) is 0 Å². The van der Waals surface area contributed by atoms with Gasteiger partial charge in [-0.3, -0.25) is 0 Å². The van der Waals surface area contributed by atoms with E-state index in [-0.39, 0.29) is 11.5 Å². The zero-order valence-corrected chi connectivity index (χ0v) is 11.4. The lowest BCUT2D eigenvalue weighted by molar-refractivity contribution is 0.127. The van der Waals surface area contributed by atoms with E-state index in [9.17, 15) is 5.11 Å². The van der Waals surface area contributed by atoms with Crippen LogP contribution in [0.2, 0.25) is 0 Å². The highest BCUT2D eigenvalue weighted by Gasteiger charge is 2.20. The Bertz CT molecular complexity index is 319. The third-order valence-corrected chi connectivity index (χ3v) is 3.03. The fourth-order valence-corrected chi connectivity index (χ4v) is 2.16. The summed E-state index contributed by atoms with van der Waals surface area (Å²) in [5.74, 6) is 0. The molecule has 1 aromatic carbocycles. The highest BCUT2D eigenvalue weighted by atomic mass is 16.3. The van der Waals surface area contributed by atoms with Gasteiger partial charge in [-0.1, -0.05) is 44.2 Å². The molecule has 17 heavy (non-hydrogen) atoms. The van der Waals surface area contributed by atoms with Gasteiger partial charge in [-0.15, -0.1) is 0 Å². The second-order valence-electron chi connectivity index (χ2n) is 5.73. The monoisotopic (exact) mass is 235 g/mol. The minimum Gasteiger partial charge on any atom is -0.393 e. The number of hydrogen-bond donors (Lipinski definition) is 2. The summed E-state index contributed by atoms with van der Waals surface area (Å²) in [5.41, 5.74) is 1.43. The first-order chi connectivity index (χ1) is 7.91. The number of aliphatic hydroxyl groups is 1. The van der Waals surface area contributed by atoms with Gasteiger partial charge in [0.15, 0.2) is 0 Å². The number of nitrogens with one attached hydrogen (secondary N) is 1. The third-order valence-electron chi connectivity index (χ3n) is 3.03. The Hall–Kier alpha value is -0.860. The van der Waals surface area contributed by atoms with Crippen molar-refractivity contribution in [3.8, 4) is 0 Å². The summed E-state index contributed by atoms with van der Waals surface area (Å²) >= 11 is 0. The Labute approximate surface area is 105 Å². The van der Waals surface area contributed by atoms with Crippen molar-refractivity contribution in [1.29, 1.82) is 0 Å². The van der Waals surface area contributed by atoms with Crippen molar-refractivity contribution < 1.29 is 5.11 Å². The highest BCUT2D eigenvalue weighted by molar-refractivity contribution is 5.18. The van der Waals surface area contributed by atoms with Gasteiger partial charge in [-0.25, -0.2) is 0 Å². The molecular weight excluding hydrogens is 210 g/mol. The first kappa shape index (κ1) is 14.2. The van der Waals surface area contributed by atoms with Crippen LogP contribution < -0.4 is 5.32 Å². The van der Waals surface area contributed by atoms with Crippen LogP contribution in [-0.4, -0.2) is 17.8 Å². The summed E-state index contributed by atoms with van der Waals surface area (Å²) in [6.07, 6.45) is 0.584. The summed E-state index contributed by atoms with van der Waals surface area (Å²) in [7, 11) is 0. The van der Waals surface area contributed by atoms with E-state index < -0.39 is 0 Å². The van der Waals surface area contributed by atoms with Gasteiger partial charge >= 0.3 is 0 Å². The quantitative estimate of drug-likeness (QED) is 0.794. The fourth-order valence-electron chi connectivity index (χ4n) is 2.16. The minimum atomic E-state index is -0.237. The van der Waals surface area contributed by atoms with Crippen LogP contribution in [0, 0.1) is 5.41 Å². The molecule has 1 aromatic rings. The third kappa shape index (κ3) is 5.33. The largest absolute Gasteiger partial charge is 0.393 e. The van der Waals surface area contributed by atoms with Crippen molar-refractivity contribution in [2.75, 3.05) is 6.54 Å². The van der Waals surface area contributed by atoms with Gasteiger partial charge in [0, 0.05) is 12.6 Å².